The Bertz CT molecular complexity index is 1320. The Balaban J connectivity index is 1.33. The number of aryl methyl sites for hydroxylation is 1. The lowest BCUT2D eigenvalue weighted by Crippen LogP contribution is -2.15. The van der Waals surface area contributed by atoms with Gasteiger partial charge in [0, 0.05) is 17.3 Å². The van der Waals surface area contributed by atoms with Crippen LogP contribution in [0.4, 0.5) is 5.69 Å². The minimum Gasteiger partial charge on any atom is -0.486 e. The summed E-state index contributed by atoms with van der Waals surface area (Å²) >= 11 is 1.45. The van der Waals surface area contributed by atoms with Crippen LogP contribution >= 0.6 is 11.3 Å². The van der Waals surface area contributed by atoms with Gasteiger partial charge in [0.25, 0.3) is 0 Å². The van der Waals surface area contributed by atoms with E-state index in [0.29, 0.717) is 24.7 Å². The molecule has 0 bridgehead atoms. The highest BCUT2D eigenvalue weighted by atomic mass is 32.1. The maximum atomic E-state index is 12.6. The third-order valence-electron chi connectivity index (χ3n) is 4.87. The van der Waals surface area contributed by atoms with E-state index < -0.39 is 0 Å². The van der Waals surface area contributed by atoms with Gasteiger partial charge in [-0.05, 0) is 49.2 Å². The summed E-state index contributed by atoms with van der Waals surface area (Å²) < 4.78 is 12.9. The van der Waals surface area contributed by atoms with Crippen molar-refractivity contribution in [3.8, 4) is 22.1 Å². The Hall–Kier alpha value is -3.72. The van der Waals surface area contributed by atoms with Crippen molar-refractivity contribution in [2.24, 2.45) is 0 Å². The van der Waals surface area contributed by atoms with E-state index in [4.69, 9.17) is 9.47 Å². The Morgan fingerprint density at radius 1 is 1.13 bits per heavy atom. The van der Waals surface area contributed by atoms with Crippen LogP contribution in [0, 0.1) is 6.92 Å². The van der Waals surface area contributed by atoms with Crippen molar-refractivity contribution in [2.75, 3.05) is 18.5 Å². The summed E-state index contributed by atoms with van der Waals surface area (Å²) in [4.78, 5) is 13.3. The Morgan fingerprint density at radius 3 is 2.81 bits per heavy atom. The third kappa shape index (κ3) is 3.87. The van der Waals surface area contributed by atoms with Crippen molar-refractivity contribution >= 4 is 33.5 Å². The van der Waals surface area contributed by atoms with E-state index in [0.717, 1.165) is 38.2 Å². The van der Waals surface area contributed by atoms with Crippen molar-refractivity contribution in [2.45, 2.75) is 13.8 Å². The molecular weight excluding hydrogens is 414 g/mol. The van der Waals surface area contributed by atoms with Crippen molar-refractivity contribution < 1.29 is 14.3 Å². The molecule has 1 aliphatic heterocycles. The average Bonchev–Trinajstić information content (AvgIpc) is 3.35. The second-order valence-corrected chi connectivity index (χ2v) is 8.06. The summed E-state index contributed by atoms with van der Waals surface area (Å²) in [5.74, 6) is 1.95. The molecule has 0 unspecified atom stereocenters. The maximum Gasteiger partial charge on any atom is 0.248 e. The van der Waals surface area contributed by atoms with Gasteiger partial charge in [0.05, 0.1) is 0 Å². The van der Waals surface area contributed by atoms with Crippen molar-refractivity contribution in [1.82, 2.24) is 19.8 Å². The molecule has 0 aliphatic carbocycles. The minimum atomic E-state index is -0.210. The van der Waals surface area contributed by atoms with E-state index in [1.807, 2.05) is 56.3 Å². The molecule has 0 saturated carbocycles. The summed E-state index contributed by atoms with van der Waals surface area (Å²) in [7, 11) is 0. The predicted octanol–water partition coefficient (Wildman–Crippen LogP) is 3.97. The van der Waals surface area contributed by atoms with Gasteiger partial charge in [-0.3, -0.25) is 4.79 Å². The number of benzene rings is 2. The van der Waals surface area contributed by atoms with Crippen molar-refractivity contribution in [3.05, 3.63) is 59.9 Å². The van der Waals surface area contributed by atoms with Gasteiger partial charge in [0.2, 0.25) is 10.9 Å². The highest BCUT2D eigenvalue weighted by Gasteiger charge is 2.13. The second kappa shape index (κ2) is 7.84. The number of hydrogen-bond acceptors (Lipinski definition) is 7. The Kier molecular flexibility index (Phi) is 4.87. The zero-order valence-electron chi connectivity index (χ0n) is 17.0. The number of aromatic nitrogens is 4. The molecule has 0 spiro atoms. The molecule has 3 heterocycles. The number of nitrogens with zero attached hydrogens (tertiary/aromatic N) is 4. The van der Waals surface area contributed by atoms with Crippen LogP contribution in [0.1, 0.15) is 18.3 Å². The second-order valence-electron chi connectivity index (χ2n) is 7.10. The lowest BCUT2D eigenvalue weighted by atomic mass is 10.1. The molecule has 1 aliphatic rings. The standard InChI is InChI=1S/C22H19N5O3S/c1-13(15-6-7-18-19(12-15)30-9-8-29-18)10-20(28)23-17-5-3-4-16(11-17)21-26-27-14(2)24-25-22(27)31-21/h3-7,10-12H,8-9H2,1-2H3,(H,23,28). The number of hydrogen-bond donors (Lipinski definition) is 1. The van der Waals surface area contributed by atoms with Gasteiger partial charge in [0.15, 0.2) is 17.3 Å². The minimum absolute atomic E-state index is 0.210. The Morgan fingerprint density at radius 2 is 1.97 bits per heavy atom. The first-order chi connectivity index (χ1) is 15.1. The molecule has 8 nitrogen and oxygen atoms in total. The molecule has 0 radical (unpaired) electrons. The van der Waals surface area contributed by atoms with Crippen LogP contribution in [-0.4, -0.2) is 38.9 Å². The summed E-state index contributed by atoms with van der Waals surface area (Å²) in [6.45, 7) is 4.82. The molecule has 156 valence electrons. The maximum absolute atomic E-state index is 12.6. The number of fused-ring (bicyclic) bond motifs is 2. The number of anilines is 1. The van der Waals surface area contributed by atoms with Crippen LogP contribution in [-0.2, 0) is 4.79 Å². The predicted molar refractivity (Wildman–Crippen MR) is 119 cm³/mol. The van der Waals surface area contributed by atoms with Gasteiger partial charge in [-0.1, -0.05) is 29.5 Å². The van der Waals surface area contributed by atoms with Crippen LogP contribution in [0.3, 0.4) is 0 Å². The van der Waals surface area contributed by atoms with Crippen LogP contribution in [0.25, 0.3) is 21.1 Å². The largest absolute Gasteiger partial charge is 0.486 e. The zero-order valence-corrected chi connectivity index (χ0v) is 17.8. The van der Waals surface area contributed by atoms with Crippen LogP contribution < -0.4 is 14.8 Å². The SMILES string of the molecule is CC(=CC(=O)Nc1cccc(-c2nn3c(C)nnc3s2)c1)c1ccc2c(c1)OCCO2. The lowest BCUT2D eigenvalue weighted by molar-refractivity contribution is -0.111. The summed E-state index contributed by atoms with van der Waals surface area (Å²) in [6, 6.07) is 13.3. The number of rotatable bonds is 4. The highest BCUT2D eigenvalue weighted by Crippen LogP contribution is 2.33. The quantitative estimate of drug-likeness (QED) is 0.490. The molecule has 0 fully saturated rings. The number of ether oxygens (including phenoxy) is 2. The van der Waals surface area contributed by atoms with Crippen LogP contribution in [0.5, 0.6) is 11.5 Å². The molecular formula is C22H19N5O3S. The summed E-state index contributed by atoms with van der Waals surface area (Å²) in [5.41, 5.74) is 3.33. The lowest BCUT2D eigenvalue weighted by Gasteiger charge is -2.19. The molecule has 0 saturated heterocycles. The molecule has 9 heteroatoms. The fourth-order valence-electron chi connectivity index (χ4n) is 3.31. The molecule has 1 N–H and O–H groups in total. The molecule has 31 heavy (non-hydrogen) atoms. The highest BCUT2D eigenvalue weighted by molar-refractivity contribution is 7.19. The topological polar surface area (TPSA) is 90.6 Å². The van der Waals surface area contributed by atoms with Crippen LogP contribution in [0.15, 0.2) is 48.5 Å². The average molecular weight is 433 g/mol. The third-order valence-corrected chi connectivity index (χ3v) is 5.82. The van der Waals surface area contributed by atoms with Gasteiger partial charge in [0.1, 0.15) is 18.2 Å². The normalized spacial score (nSPS) is 13.4. The Labute approximate surface area is 182 Å². The van der Waals surface area contributed by atoms with E-state index in [1.165, 1.54) is 11.3 Å². The van der Waals surface area contributed by atoms with Crippen LogP contribution in [0.2, 0.25) is 0 Å². The first-order valence-corrected chi connectivity index (χ1v) is 10.6. The molecule has 0 atom stereocenters. The summed E-state index contributed by atoms with van der Waals surface area (Å²) in [6.07, 6.45) is 1.57. The van der Waals surface area contributed by atoms with Gasteiger partial charge in [-0.15, -0.1) is 10.2 Å². The number of amides is 1. The molecule has 2 aromatic heterocycles. The van der Waals surface area contributed by atoms with E-state index in [-0.39, 0.29) is 5.91 Å². The molecule has 1 amide bonds. The van der Waals surface area contributed by atoms with Gasteiger partial charge in [-0.25, -0.2) is 0 Å². The molecule has 5 rings (SSSR count). The fraction of sp³-hybridized carbons (Fsp3) is 0.182. The fourth-order valence-corrected chi connectivity index (χ4v) is 4.19. The first-order valence-electron chi connectivity index (χ1n) is 9.75. The molecule has 2 aromatic carbocycles. The van der Waals surface area contributed by atoms with Crippen molar-refractivity contribution in [3.63, 3.8) is 0 Å². The number of allylic oxidation sites excluding steroid dienone is 1. The first kappa shape index (κ1) is 19.3. The van der Waals surface area contributed by atoms with E-state index >= 15 is 0 Å². The molecule has 4 aromatic rings. The smallest absolute Gasteiger partial charge is 0.248 e. The van der Waals surface area contributed by atoms with Gasteiger partial charge < -0.3 is 14.8 Å². The van der Waals surface area contributed by atoms with Gasteiger partial charge >= 0.3 is 0 Å². The number of carbonyl (C=O) groups is 1. The number of nitrogens with one attached hydrogen (secondary N) is 1. The monoisotopic (exact) mass is 433 g/mol. The van der Waals surface area contributed by atoms with Gasteiger partial charge in [-0.2, -0.15) is 9.61 Å². The van der Waals surface area contributed by atoms with E-state index in [2.05, 4.69) is 20.6 Å². The van der Waals surface area contributed by atoms with E-state index in [9.17, 15) is 4.79 Å². The van der Waals surface area contributed by atoms with Crippen molar-refractivity contribution in [1.29, 1.82) is 0 Å². The van der Waals surface area contributed by atoms with E-state index in [1.54, 1.807) is 10.6 Å². The zero-order chi connectivity index (χ0) is 21.4. The summed E-state index contributed by atoms with van der Waals surface area (Å²) in [5, 5.41) is 16.4. The number of carbonyl (C=O) groups excluding carboxylic acids is 1.